The van der Waals surface area contributed by atoms with Gasteiger partial charge >= 0.3 is 0 Å². The standard InChI is InChI=1S/C6H7NO/c1-8-6-3-2-4-7-5-6/h2-5H,1H3/i4D,5D. The zero-order chi connectivity index (χ0) is 7.56. The summed E-state index contributed by atoms with van der Waals surface area (Å²) in [6.07, 6.45) is 0.0980. The van der Waals surface area contributed by atoms with Gasteiger partial charge in [0.15, 0.2) is 0 Å². The number of rotatable bonds is 1. The highest BCUT2D eigenvalue weighted by Gasteiger charge is 1.81. The molecule has 0 saturated carbocycles. The predicted octanol–water partition coefficient (Wildman–Crippen LogP) is 1.09. The molecule has 1 heterocycles. The van der Waals surface area contributed by atoms with Gasteiger partial charge in [-0.25, -0.2) is 0 Å². The van der Waals surface area contributed by atoms with Crippen LogP contribution in [0.5, 0.6) is 5.75 Å². The Morgan fingerprint density at radius 2 is 2.75 bits per heavy atom. The Morgan fingerprint density at radius 1 is 1.88 bits per heavy atom. The van der Waals surface area contributed by atoms with E-state index in [4.69, 9.17) is 7.48 Å². The van der Waals surface area contributed by atoms with Gasteiger partial charge in [-0.05, 0) is 12.1 Å². The van der Waals surface area contributed by atoms with E-state index in [1.807, 2.05) is 0 Å². The third-order valence-corrected chi connectivity index (χ3v) is 0.760. The smallest absolute Gasteiger partial charge is 0.137 e. The minimum absolute atomic E-state index is 0.00926. The lowest BCUT2D eigenvalue weighted by atomic mass is 10.5. The second kappa shape index (κ2) is 2.31. The molecule has 1 rings (SSSR count). The van der Waals surface area contributed by atoms with Crippen LogP contribution in [-0.2, 0) is 0 Å². The normalized spacial score (nSPS) is 12.1. The van der Waals surface area contributed by atoms with Crippen molar-refractivity contribution >= 4 is 0 Å². The highest BCUT2D eigenvalue weighted by atomic mass is 16.5. The van der Waals surface area contributed by atoms with Crippen molar-refractivity contribution in [3.8, 4) is 5.75 Å². The largest absolute Gasteiger partial charge is 0.495 e. The van der Waals surface area contributed by atoms with Crippen molar-refractivity contribution in [2.24, 2.45) is 0 Å². The van der Waals surface area contributed by atoms with E-state index < -0.39 is 0 Å². The Hall–Kier alpha value is -1.05. The SMILES string of the molecule is [2H]c1ccc(OC)c([2H])n1. The molecule has 1 aromatic heterocycles. The van der Waals surface area contributed by atoms with E-state index in [0.29, 0.717) is 5.75 Å². The van der Waals surface area contributed by atoms with E-state index in [0.717, 1.165) is 0 Å². The molecule has 8 heavy (non-hydrogen) atoms. The van der Waals surface area contributed by atoms with Crippen molar-refractivity contribution in [1.29, 1.82) is 0 Å². The molecule has 0 spiro atoms. The number of hydrogen-bond acceptors (Lipinski definition) is 2. The molecule has 0 amide bonds. The maximum absolute atomic E-state index is 7.16. The van der Waals surface area contributed by atoms with Crippen LogP contribution in [0.2, 0.25) is 0 Å². The molecule has 0 bridgehead atoms. The van der Waals surface area contributed by atoms with Crippen molar-refractivity contribution in [3.05, 3.63) is 24.5 Å². The third kappa shape index (κ3) is 0.964. The Bertz CT molecular complexity index is 239. The molecule has 0 saturated heterocycles. The molecule has 0 aliphatic carbocycles. The van der Waals surface area contributed by atoms with Crippen molar-refractivity contribution in [3.63, 3.8) is 0 Å². The Labute approximate surface area is 50.9 Å². The van der Waals surface area contributed by atoms with Crippen LogP contribution in [0.25, 0.3) is 0 Å². The quantitative estimate of drug-likeness (QED) is 0.541. The minimum Gasteiger partial charge on any atom is -0.495 e. The Kier molecular flexibility index (Phi) is 0.886. The molecular formula is C6H7NO. The van der Waals surface area contributed by atoms with Crippen LogP contribution in [0.4, 0.5) is 0 Å². The lowest BCUT2D eigenvalue weighted by Crippen LogP contribution is -1.80. The topological polar surface area (TPSA) is 22.1 Å². The molecule has 0 atom stereocenters. The van der Waals surface area contributed by atoms with Crippen LogP contribution < -0.4 is 4.74 Å². The predicted molar refractivity (Wildman–Crippen MR) is 30.8 cm³/mol. The average molecular weight is 111 g/mol. The number of aromatic nitrogens is 1. The molecule has 0 aromatic carbocycles. The lowest BCUT2D eigenvalue weighted by molar-refractivity contribution is 0.413. The number of methoxy groups -OCH3 is 1. The molecular weight excluding hydrogens is 102 g/mol. The van der Waals surface area contributed by atoms with Crippen molar-refractivity contribution < 1.29 is 7.48 Å². The van der Waals surface area contributed by atoms with Gasteiger partial charge in [0, 0.05) is 6.17 Å². The zero-order valence-electron chi connectivity index (χ0n) is 6.51. The summed E-state index contributed by atoms with van der Waals surface area (Å²) in [5.41, 5.74) is 0. The fraction of sp³-hybridized carbons (Fsp3) is 0.167. The van der Waals surface area contributed by atoms with Crippen LogP contribution in [0.1, 0.15) is 2.74 Å². The average Bonchev–Trinajstić information content (AvgIpc) is 1.88. The van der Waals surface area contributed by atoms with Crippen molar-refractivity contribution in [1.82, 2.24) is 4.98 Å². The first-order valence-electron chi connectivity index (χ1n) is 3.22. The minimum atomic E-state index is 0.00926. The van der Waals surface area contributed by atoms with Gasteiger partial charge in [0.25, 0.3) is 0 Å². The van der Waals surface area contributed by atoms with Gasteiger partial charge in [0.05, 0.1) is 16.0 Å². The summed E-state index contributed by atoms with van der Waals surface area (Å²) in [5.74, 6) is 0.399. The molecule has 1 aromatic rings. The van der Waals surface area contributed by atoms with Gasteiger partial charge in [0.1, 0.15) is 5.75 Å². The van der Waals surface area contributed by atoms with Gasteiger partial charge in [-0.1, -0.05) is 0 Å². The van der Waals surface area contributed by atoms with Crippen LogP contribution in [0, 0.1) is 0 Å². The summed E-state index contributed by atoms with van der Waals surface area (Å²) < 4.78 is 18.9. The first-order valence-corrected chi connectivity index (χ1v) is 2.22. The summed E-state index contributed by atoms with van der Waals surface area (Å²) in [4.78, 5) is 3.55. The maximum atomic E-state index is 7.16. The first-order chi connectivity index (χ1) is 4.74. The van der Waals surface area contributed by atoms with Crippen molar-refractivity contribution in [2.75, 3.05) is 7.11 Å². The molecule has 0 N–H and O–H groups in total. The van der Waals surface area contributed by atoms with Gasteiger partial charge in [-0.3, -0.25) is 4.98 Å². The van der Waals surface area contributed by atoms with E-state index in [-0.39, 0.29) is 12.3 Å². The number of hydrogen-bond donors (Lipinski definition) is 0. The first kappa shape index (κ1) is 3.07. The summed E-state index contributed by atoms with van der Waals surface area (Å²) in [6.45, 7) is 0. The van der Waals surface area contributed by atoms with E-state index in [1.54, 1.807) is 6.07 Å². The molecule has 42 valence electrons. The molecule has 2 heteroatoms. The monoisotopic (exact) mass is 111 g/mol. The van der Waals surface area contributed by atoms with Crippen molar-refractivity contribution in [2.45, 2.75) is 0 Å². The lowest BCUT2D eigenvalue weighted by Gasteiger charge is -1.93. The summed E-state index contributed by atoms with van der Waals surface area (Å²) >= 11 is 0. The highest BCUT2D eigenvalue weighted by molar-refractivity contribution is 5.14. The van der Waals surface area contributed by atoms with Crippen LogP contribution in [0.15, 0.2) is 24.5 Å². The molecule has 0 unspecified atom stereocenters. The summed E-state index contributed by atoms with van der Waals surface area (Å²) in [6, 6.07) is 3.04. The molecule has 0 radical (unpaired) electrons. The second-order valence-corrected chi connectivity index (χ2v) is 1.25. The molecule has 0 aliphatic rings. The number of nitrogens with zero attached hydrogens (tertiary/aromatic N) is 1. The van der Waals surface area contributed by atoms with Crippen LogP contribution in [0.3, 0.4) is 0 Å². The van der Waals surface area contributed by atoms with E-state index in [2.05, 4.69) is 4.98 Å². The van der Waals surface area contributed by atoms with Gasteiger partial charge < -0.3 is 4.74 Å². The summed E-state index contributed by atoms with van der Waals surface area (Å²) in [5, 5.41) is 0. The van der Waals surface area contributed by atoms with Crippen LogP contribution in [-0.4, -0.2) is 12.1 Å². The van der Waals surface area contributed by atoms with Gasteiger partial charge in [-0.15, -0.1) is 0 Å². The Morgan fingerprint density at radius 3 is 3.38 bits per heavy atom. The second-order valence-electron chi connectivity index (χ2n) is 1.25. The van der Waals surface area contributed by atoms with Crippen LogP contribution >= 0.6 is 0 Å². The highest BCUT2D eigenvalue weighted by Crippen LogP contribution is 2.02. The summed E-state index contributed by atoms with van der Waals surface area (Å²) in [7, 11) is 1.47. The fourth-order valence-electron chi connectivity index (χ4n) is 0.389. The Balaban J connectivity index is 3.07. The number of pyridine rings is 1. The van der Waals surface area contributed by atoms with E-state index in [9.17, 15) is 0 Å². The molecule has 2 nitrogen and oxygen atoms in total. The maximum Gasteiger partial charge on any atom is 0.137 e. The van der Waals surface area contributed by atoms with Gasteiger partial charge in [0.2, 0.25) is 0 Å². The molecule has 0 fully saturated rings. The zero-order valence-corrected chi connectivity index (χ0v) is 4.51. The fourth-order valence-corrected chi connectivity index (χ4v) is 0.389. The molecule has 0 aliphatic heterocycles. The van der Waals surface area contributed by atoms with E-state index >= 15 is 0 Å². The third-order valence-electron chi connectivity index (χ3n) is 0.760. The van der Waals surface area contributed by atoms with Gasteiger partial charge in [-0.2, -0.15) is 0 Å². The number of ether oxygens (including phenoxy) is 1. The van der Waals surface area contributed by atoms with E-state index in [1.165, 1.54) is 13.2 Å².